The van der Waals surface area contributed by atoms with E-state index in [1.54, 1.807) is 0 Å². The van der Waals surface area contributed by atoms with Crippen molar-refractivity contribution in [1.29, 1.82) is 0 Å². The molecule has 0 radical (unpaired) electrons. The lowest BCUT2D eigenvalue weighted by Crippen LogP contribution is -2.45. The molecule has 1 aromatic rings. The zero-order chi connectivity index (χ0) is 14.6. The normalized spacial score (nSPS) is 27.4. The zero-order valence-corrected chi connectivity index (χ0v) is 12.0. The van der Waals surface area contributed by atoms with Crippen molar-refractivity contribution in [1.82, 2.24) is 5.32 Å². The van der Waals surface area contributed by atoms with Crippen molar-refractivity contribution < 1.29 is 9.90 Å². The van der Waals surface area contributed by atoms with Crippen LogP contribution in [0.2, 0.25) is 0 Å². The fourth-order valence-electron chi connectivity index (χ4n) is 3.03. The fourth-order valence-corrected chi connectivity index (χ4v) is 3.03. The number of rotatable bonds is 6. The first-order chi connectivity index (χ1) is 9.54. The van der Waals surface area contributed by atoms with Crippen LogP contribution >= 0.6 is 0 Å². The lowest BCUT2D eigenvalue weighted by atomic mass is 9.85. The molecule has 4 nitrogen and oxygen atoms in total. The summed E-state index contributed by atoms with van der Waals surface area (Å²) in [6, 6.07) is 10.1. The summed E-state index contributed by atoms with van der Waals surface area (Å²) in [6.45, 7) is 2.60. The van der Waals surface area contributed by atoms with E-state index in [1.807, 2.05) is 37.3 Å². The number of nitrogens with two attached hydrogens (primary N) is 1. The number of aliphatic carboxylic acids is 1. The highest BCUT2D eigenvalue weighted by molar-refractivity contribution is 5.75. The molecule has 0 amide bonds. The molecule has 1 aliphatic rings. The van der Waals surface area contributed by atoms with Crippen molar-refractivity contribution in [2.24, 2.45) is 11.1 Å². The van der Waals surface area contributed by atoms with Gasteiger partial charge in [0.2, 0.25) is 0 Å². The lowest BCUT2D eigenvalue weighted by Gasteiger charge is -2.28. The molecule has 0 saturated heterocycles. The largest absolute Gasteiger partial charge is 0.481 e. The van der Waals surface area contributed by atoms with Gasteiger partial charge >= 0.3 is 5.97 Å². The van der Waals surface area contributed by atoms with E-state index in [2.05, 4.69) is 5.32 Å². The Morgan fingerprint density at radius 1 is 1.50 bits per heavy atom. The van der Waals surface area contributed by atoms with Gasteiger partial charge in [0, 0.05) is 12.1 Å². The standard InChI is InChI=1S/C16H24N2O2/c1-16(15(19)20)10-5-8-14(16)18-11-9-13(17)12-6-3-2-4-7-12/h2-4,6-7,13-14,18H,5,8-11,17H2,1H3,(H,19,20)/t13-,14?,16?/m0/s1. The van der Waals surface area contributed by atoms with Gasteiger partial charge in [-0.1, -0.05) is 36.8 Å². The van der Waals surface area contributed by atoms with Gasteiger partial charge in [0.1, 0.15) is 0 Å². The molecule has 2 unspecified atom stereocenters. The van der Waals surface area contributed by atoms with Crippen LogP contribution in [0.3, 0.4) is 0 Å². The van der Waals surface area contributed by atoms with E-state index in [-0.39, 0.29) is 12.1 Å². The monoisotopic (exact) mass is 276 g/mol. The smallest absolute Gasteiger partial charge is 0.310 e. The van der Waals surface area contributed by atoms with Gasteiger partial charge in [0.15, 0.2) is 0 Å². The van der Waals surface area contributed by atoms with E-state index in [4.69, 9.17) is 5.73 Å². The van der Waals surface area contributed by atoms with Crippen molar-refractivity contribution in [2.45, 2.75) is 44.7 Å². The Morgan fingerprint density at radius 3 is 2.85 bits per heavy atom. The number of hydrogen-bond acceptors (Lipinski definition) is 3. The second-order valence-electron chi connectivity index (χ2n) is 5.93. The summed E-state index contributed by atoms with van der Waals surface area (Å²) in [7, 11) is 0. The molecule has 3 atom stereocenters. The molecule has 4 N–H and O–H groups in total. The molecule has 1 saturated carbocycles. The number of hydrogen-bond donors (Lipinski definition) is 3. The summed E-state index contributed by atoms with van der Waals surface area (Å²) < 4.78 is 0. The summed E-state index contributed by atoms with van der Waals surface area (Å²) in [5, 5.41) is 12.8. The number of benzene rings is 1. The third-order valence-electron chi connectivity index (χ3n) is 4.52. The molecule has 1 fully saturated rings. The highest BCUT2D eigenvalue weighted by Gasteiger charge is 2.44. The summed E-state index contributed by atoms with van der Waals surface area (Å²) >= 11 is 0. The Bertz CT molecular complexity index is 449. The van der Waals surface area contributed by atoms with Gasteiger partial charge in [-0.2, -0.15) is 0 Å². The quantitative estimate of drug-likeness (QED) is 0.745. The predicted molar refractivity (Wildman–Crippen MR) is 79.4 cm³/mol. The summed E-state index contributed by atoms with van der Waals surface area (Å²) in [5.41, 5.74) is 6.65. The van der Waals surface area contributed by atoms with Gasteiger partial charge in [-0.25, -0.2) is 0 Å². The number of carboxylic acid groups (broad SMARTS) is 1. The molecule has 20 heavy (non-hydrogen) atoms. The highest BCUT2D eigenvalue weighted by atomic mass is 16.4. The van der Waals surface area contributed by atoms with Crippen LogP contribution in [0.4, 0.5) is 0 Å². The van der Waals surface area contributed by atoms with Gasteiger partial charge in [-0.15, -0.1) is 0 Å². The Morgan fingerprint density at radius 2 is 2.20 bits per heavy atom. The third kappa shape index (κ3) is 3.19. The van der Waals surface area contributed by atoms with Crippen LogP contribution in [-0.2, 0) is 4.79 Å². The van der Waals surface area contributed by atoms with Crippen LogP contribution in [-0.4, -0.2) is 23.7 Å². The van der Waals surface area contributed by atoms with Crippen LogP contribution in [0, 0.1) is 5.41 Å². The van der Waals surface area contributed by atoms with Gasteiger partial charge in [0.25, 0.3) is 0 Å². The molecule has 4 heteroatoms. The van der Waals surface area contributed by atoms with Crippen LogP contribution in [0.1, 0.15) is 44.2 Å². The van der Waals surface area contributed by atoms with E-state index in [9.17, 15) is 9.90 Å². The van der Waals surface area contributed by atoms with E-state index < -0.39 is 11.4 Å². The molecular formula is C16H24N2O2. The molecule has 0 spiro atoms. The average molecular weight is 276 g/mol. The topological polar surface area (TPSA) is 75.3 Å². The third-order valence-corrected chi connectivity index (χ3v) is 4.52. The van der Waals surface area contributed by atoms with E-state index in [0.717, 1.165) is 37.8 Å². The summed E-state index contributed by atoms with van der Waals surface area (Å²) in [4.78, 5) is 11.4. The minimum Gasteiger partial charge on any atom is -0.481 e. The first kappa shape index (κ1) is 15.0. The Labute approximate surface area is 120 Å². The molecule has 0 aliphatic heterocycles. The minimum absolute atomic E-state index is 0.00110. The fraction of sp³-hybridized carbons (Fsp3) is 0.562. The van der Waals surface area contributed by atoms with Crippen LogP contribution in [0.25, 0.3) is 0 Å². The van der Waals surface area contributed by atoms with E-state index in [0.29, 0.717) is 0 Å². The van der Waals surface area contributed by atoms with Gasteiger partial charge in [-0.05, 0) is 38.3 Å². The van der Waals surface area contributed by atoms with E-state index in [1.165, 1.54) is 0 Å². The Balaban J connectivity index is 1.83. The van der Waals surface area contributed by atoms with Crippen LogP contribution < -0.4 is 11.1 Å². The lowest BCUT2D eigenvalue weighted by molar-refractivity contribution is -0.148. The first-order valence-electron chi connectivity index (χ1n) is 7.31. The minimum atomic E-state index is -0.695. The van der Waals surface area contributed by atoms with Gasteiger partial charge in [-0.3, -0.25) is 4.79 Å². The van der Waals surface area contributed by atoms with Crippen LogP contribution in [0.15, 0.2) is 30.3 Å². The van der Waals surface area contributed by atoms with Crippen molar-refractivity contribution in [3.63, 3.8) is 0 Å². The number of carbonyl (C=O) groups is 1. The highest BCUT2D eigenvalue weighted by Crippen LogP contribution is 2.38. The molecule has 110 valence electrons. The Kier molecular flexibility index (Phi) is 4.78. The Hall–Kier alpha value is -1.39. The van der Waals surface area contributed by atoms with E-state index >= 15 is 0 Å². The molecular weight excluding hydrogens is 252 g/mol. The van der Waals surface area contributed by atoms with Crippen molar-refractivity contribution in [3.8, 4) is 0 Å². The average Bonchev–Trinajstić information content (AvgIpc) is 2.82. The van der Waals surface area contributed by atoms with Gasteiger partial charge < -0.3 is 16.2 Å². The maximum Gasteiger partial charge on any atom is 0.310 e. The molecule has 0 bridgehead atoms. The van der Waals surface area contributed by atoms with Gasteiger partial charge in [0.05, 0.1) is 5.41 Å². The molecule has 2 rings (SSSR count). The zero-order valence-electron chi connectivity index (χ0n) is 12.0. The maximum absolute atomic E-state index is 11.4. The van der Waals surface area contributed by atoms with Crippen molar-refractivity contribution >= 4 is 5.97 Å². The molecule has 1 aliphatic carbocycles. The number of nitrogens with one attached hydrogen (secondary N) is 1. The summed E-state index contributed by atoms with van der Waals surface area (Å²) in [5.74, 6) is -0.695. The second-order valence-corrected chi connectivity index (χ2v) is 5.93. The first-order valence-corrected chi connectivity index (χ1v) is 7.31. The maximum atomic E-state index is 11.4. The predicted octanol–water partition coefficient (Wildman–Crippen LogP) is 2.31. The van der Waals surface area contributed by atoms with Crippen LogP contribution in [0.5, 0.6) is 0 Å². The summed E-state index contributed by atoms with van der Waals surface area (Å²) in [6.07, 6.45) is 3.48. The molecule has 1 aromatic carbocycles. The molecule has 0 aromatic heterocycles. The second kappa shape index (κ2) is 6.37. The van der Waals surface area contributed by atoms with Crippen molar-refractivity contribution in [2.75, 3.05) is 6.54 Å². The molecule has 0 heterocycles. The number of carboxylic acids is 1. The SMILES string of the molecule is CC1(C(=O)O)CCCC1NCC[C@H](N)c1ccccc1. The van der Waals surface area contributed by atoms with Crippen molar-refractivity contribution in [3.05, 3.63) is 35.9 Å².